The van der Waals surface area contributed by atoms with E-state index in [4.69, 9.17) is 4.74 Å². The molecule has 0 aliphatic carbocycles. The predicted octanol–water partition coefficient (Wildman–Crippen LogP) is 4.18. The van der Waals surface area contributed by atoms with E-state index in [0.29, 0.717) is 17.9 Å². The fourth-order valence-electron chi connectivity index (χ4n) is 1.94. The van der Waals surface area contributed by atoms with Crippen LogP contribution in [0.3, 0.4) is 0 Å². The normalized spacial score (nSPS) is 13.1. The third-order valence-electron chi connectivity index (χ3n) is 3.58. The quantitative estimate of drug-likeness (QED) is 0.504. The predicted molar refractivity (Wildman–Crippen MR) is 84.9 cm³/mol. The van der Waals surface area contributed by atoms with Crippen LogP contribution in [0.4, 0.5) is 5.69 Å². The Morgan fingerprint density at radius 2 is 1.90 bits per heavy atom. The van der Waals surface area contributed by atoms with Gasteiger partial charge in [0.05, 0.1) is 17.6 Å². The molecule has 0 saturated carbocycles. The highest BCUT2D eigenvalue weighted by Crippen LogP contribution is 2.31. The van der Waals surface area contributed by atoms with E-state index < -0.39 is 0 Å². The highest BCUT2D eigenvalue weighted by atomic mass is 32.1. The van der Waals surface area contributed by atoms with Gasteiger partial charge in [-0.05, 0) is 36.6 Å². The van der Waals surface area contributed by atoms with Crippen molar-refractivity contribution in [2.24, 2.45) is 11.3 Å². The van der Waals surface area contributed by atoms with E-state index >= 15 is 0 Å². The van der Waals surface area contributed by atoms with Gasteiger partial charge < -0.3 is 4.74 Å². The molecule has 0 aromatic heterocycles. The number of ether oxygens (including phenoxy) is 1. The summed E-state index contributed by atoms with van der Waals surface area (Å²) in [6.07, 6.45) is 0. The van der Waals surface area contributed by atoms with Gasteiger partial charge in [-0.15, -0.1) is 0 Å². The summed E-state index contributed by atoms with van der Waals surface area (Å²) in [7, 11) is 0. The standard InChI is InChI=1S/C15H23NO3S/c1-10-6-11(2)14(7-13(10)16(17)18)19-8-12(9-20)15(3,4)5/h6-7,12,20H,8-9H2,1-5H3. The van der Waals surface area contributed by atoms with Gasteiger partial charge in [-0.3, -0.25) is 10.1 Å². The molecule has 0 N–H and O–H groups in total. The second-order valence-corrected chi connectivity index (χ2v) is 6.58. The van der Waals surface area contributed by atoms with Crippen molar-refractivity contribution in [2.75, 3.05) is 12.4 Å². The summed E-state index contributed by atoms with van der Waals surface area (Å²) in [4.78, 5) is 10.6. The van der Waals surface area contributed by atoms with Crippen molar-refractivity contribution in [3.63, 3.8) is 0 Å². The first-order valence-electron chi connectivity index (χ1n) is 6.66. The zero-order valence-corrected chi connectivity index (χ0v) is 13.7. The minimum atomic E-state index is -0.374. The van der Waals surface area contributed by atoms with Gasteiger partial charge >= 0.3 is 0 Å². The van der Waals surface area contributed by atoms with Crippen LogP contribution in [-0.2, 0) is 0 Å². The fourth-order valence-corrected chi connectivity index (χ4v) is 2.59. The monoisotopic (exact) mass is 297 g/mol. The molecule has 0 aliphatic heterocycles. The Labute approximate surface area is 126 Å². The number of nitro groups is 1. The van der Waals surface area contributed by atoms with E-state index in [1.807, 2.05) is 6.92 Å². The summed E-state index contributed by atoms with van der Waals surface area (Å²) in [6.45, 7) is 10.6. The number of thiol groups is 1. The van der Waals surface area contributed by atoms with E-state index in [2.05, 4.69) is 33.4 Å². The Bertz CT molecular complexity index is 495. The fraction of sp³-hybridized carbons (Fsp3) is 0.600. The Morgan fingerprint density at radius 3 is 2.35 bits per heavy atom. The molecule has 1 aromatic rings. The lowest BCUT2D eigenvalue weighted by atomic mass is 9.82. The van der Waals surface area contributed by atoms with Crippen LogP contribution >= 0.6 is 12.6 Å². The third-order valence-corrected chi connectivity index (χ3v) is 4.02. The largest absolute Gasteiger partial charge is 0.493 e. The molecule has 112 valence electrons. The van der Waals surface area contributed by atoms with E-state index in [-0.39, 0.29) is 21.9 Å². The molecular weight excluding hydrogens is 274 g/mol. The number of hydrogen-bond donors (Lipinski definition) is 1. The van der Waals surface area contributed by atoms with Crippen molar-refractivity contribution in [1.29, 1.82) is 0 Å². The Balaban J connectivity index is 2.93. The molecule has 4 nitrogen and oxygen atoms in total. The molecular formula is C15H23NO3S. The van der Waals surface area contributed by atoms with E-state index in [9.17, 15) is 10.1 Å². The molecule has 1 rings (SSSR count). The smallest absolute Gasteiger partial charge is 0.276 e. The minimum Gasteiger partial charge on any atom is -0.493 e. The second-order valence-electron chi connectivity index (χ2n) is 6.22. The van der Waals surface area contributed by atoms with Gasteiger partial charge in [0.15, 0.2) is 0 Å². The lowest BCUT2D eigenvalue weighted by Crippen LogP contribution is -2.28. The lowest BCUT2D eigenvalue weighted by Gasteiger charge is -2.29. The number of rotatable bonds is 5. The maximum Gasteiger partial charge on any atom is 0.276 e. The van der Waals surface area contributed by atoms with Gasteiger partial charge in [0.1, 0.15) is 5.75 Å². The lowest BCUT2D eigenvalue weighted by molar-refractivity contribution is -0.385. The van der Waals surface area contributed by atoms with Gasteiger partial charge in [0, 0.05) is 11.5 Å². The average Bonchev–Trinajstić information content (AvgIpc) is 2.30. The number of hydrogen-bond acceptors (Lipinski definition) is 4. The second kappa shape index (κ2) is 6.48. The maximum atomic E-state index is 11.0. The highest BCUT2D eigenvalue weighted by molar-refractivity contribution is 7.80. The van der Waals surface area contributed by atoms with E-state index in [0.717, 1.165) is 11.3 Å². The van der Waals surface area contributed by atoms with Crippen molar-refractivity contribution in [3.05, 3.63) is 33.4 Å². The molecule has 20 heavy (non-hydrogen) atoms. The van der Waals surface area contributed by atoms with Crippen LogP contribution < -0.4 is 4.74 Å². The van der Waals surface area contributed by atoms with Gasteiger partial charge in [-0.1, -0.05) is 20.8 Å². The first-order chi connectivity index (χ1) is 9.16. The molecule has 1 atom stereocenters. The maximum absolute atomic E-state index is 11.0. The highest BCUT2D eigenvalue weighted by Gasteiger charge is 2.24. The Morgan fingerprint density at radius 1 is 1.30 bits per heavy atom. The van der Waals surface area contributed by atoms with Crippen molar-refractivity contribution < 1.29 is 9.66 Å². The van der Waals surface area contributed by atoms with Crippen molar-refractivity contribution in [2.45, 2.75) is 34.6 Å². The molecule has 0 saturated heterocycles. The van der Waals surface area contributed by atoms with Crippen LogP contribution in [0.25, 0.3) is 0 Å². The molecule has 0 radical (unpaired) electrons. The van der Waals surface area contributed by atoms with Crippen LogP contribution in [-0.4, -0.2) is 17.3 Å². The first kappa shape index (κ1) is 16.8. The molecule has 0 heterocycles. The molecule has 1 aromatic carbocycles. The van der Waals surface area contributed by atoms with Gasteiger partial charge in [0.25, 0.3) is 5.69 Å². The zero-order valence-electron chi connectivity index (χ0n) is 12.8. The van der Waals surface area contributed by atoms with Crippen LogP contribution in [0.2, 0.25) is 0 Å². The summed E-state index contributed by atoms with van der Waals surface area (Å²) in [5.74, 6) is 1.58. The van der Waals surface area contributed by atoms with Gasteiger partial charge in [-0.25, -0.2) is 0 Å². The third kappa shape index (κ3) is 4.13. The first-order valence-corrected chi connectivity index (χ1v) is 7.29. The number of nitro benzene ring substituents is 1. The van der Waals surface area contributed by atoms with Crippen LogP contribution in [0, 0.1) is 35.3 Å². The number of aryl methyl sites for hydroxylation is 2. The van der Waals surface area contributed by atoms with E-state index in [1.54, 1.807) is 13.0 Å². The average molecular weight is 297 g/mol. The molecule has 0 fully saturated rings. The van der Waals surface area contributed by atoms with Crippen molar-refractivity contribution >= 4 is 18.3 Å². The van der Waals surface area contributed by atoms with Crippen molar-refractivity contribution in [1.82, 2.24) is 0 Å². The van der Waals surface area contributed by atoms with Gasteiger partial charge in [0.2, 0.25) is 0 Å². The van der Waals surface area contributed by atoms with Crippen LogP contribution in [0.5, 0.6) is 5.75 Å². The SMILES string of the molecule is Cc1cc(C)c([N+](=O)[O-])cc1OCC(CS)C(C)(C)C. The summed E-state index contributed by atoms with van der Waals surface area (Å²) in [5.41, 5.74) is 1.76. The van der Waals surface area contributed by atoms with Gasteiger partial charge in [-0.2, -0.15) is 12.6 Å². The number of nitrogens with zero attached hydrogens (tertiary/aromatic N) is 1. The number of benzene rings is 1. The van der Waals surface area contributed by atoms with Crippen LogP contribution in [0.1, 0.15) is 31.9 Å². The molecule has 0 aliphatic rings. The molecule has 0 bridgehead atoms. The molecule has 5 heteroatoms. The molecule has 1 unspecified atom stereocenters. The molecule has 0 spiro atoms. The Hall–Kier alpha value is -1.23. The van der Waals surface area contributed by atoms with Crippen LogP contribution in [0.15, 0.2) is 12.1 Å². The minimum absolute atomic E-state index is 0.0896. The summed E-state index contributed by atoms with van der Waals surface area (Å²) in [6, 6.07) is 3.31. The zero-order chi connectivity index (χ0) is 15.5. The van der Waals surface area contributed by atoms with E-state index in [1.165, 1.54) is 6.07 Å². The summed E-state index contributed by atoms with van der Waals surface area (Å²) >= 11 is 4.36. The summed E-state index contributed by atoms with van der Waals surface area (Å²) < 4.78 is 5.81. The van der Waals surface area contributed by atoms with Crippen molar-refractivity contribution in [3.8, 4) is 5.75 Å². The summed E-state index contributed by atoms with van der Waals surface area (Å²) in [5, 5.41) is 11.0. The topological polar surface area (TPSA) is 52.4 Å². The molecule has 0 amide bonds. The Kier molecular flexibility index (Phi) is 5.45.